The molecule has 0 aliphatic carbocycles. The molecule has 2 atom stereocenters. The van der Waals surface area contributed by atoms with Gasteiger partial charge >= 0.3 is 0 Å². The molecule has 0 aliphatic rings. The summed E-state index contributed by atoms with van der Waals surface area (Å²) in [5.74, 6) is 0. The van der Waals surface area contributed by atoms with E-state index in [-0.39, 0.29) is 12.1 Å². The highest BCUT2D eigenvalue weighted by molar-refractivity contribution is 6.31. The molecule has 2 rings (SSSR count). The van der Waals surface area contributed by atoms with E-state index >= 15 is 0 Å². The number of hydrogen-bond donors (Lipinski definition) is 1. The lowest BCUT2D eigenvalue weighted by Gasteiger charge is -2.22. The Morgan fingerprint density at radius 1 is 1.19 bits per heavy atom. The zero-order chi connectivity index (χ0) is 15.6. The van der Waals surface area contributed by atoms with Crippen LogP contribution in [0.2, 0.25) is 5.02 Å². The Morgan fingerprint density at radius 2 is 1.86 bits per heavy atom. The Balaban J connectivity index is 2.20. The van der Waals surface area contributed by atoms with Gasteiger partial charge in [0.2, 0.25) is 0 Å². The van der Waals surface area contributed by atoms with Crippen molar-refractivity contribution >= 4 is 11.6 Å². The van der Waals surface area contributed by atoms with Gasteiger partial charge < -0.3 is 5.32 Å². The van der Waals surface area contributed by atoms with Crippen molar-refractivity contribution in [2.24, 2.45) is 0 Å². The Bertz CT molecular complexity index is 618. The molecule has 114 valence electrons. The normalized spacial score (nSPS) is 14.2. The van der Waals surface area contributed by atoms with Crippen LogP contribution in [-0.4, -0.2) is 9.78 Å². The maximum absolute atomic E-state index is 6.28. The predicted octanol–water partition coefficient (Wildman–Crippen LogP) is 4.59. The van der Waals surface area contributed by atoms with Crippen LogP contribution in [-0.2, 0) is 6.54 Å². The van der Waals surface area contributed by atoms with E-state index in [0.717, 1.165) is 22.8 Å². The van der Waals surface area contributed by atoms with Crippen molar-refractivity contribution < 1.29 is 0 Å². The third kappa shape index (κ3) is 3.30. The Labute approximate surface area is 132 Å². The smallest absolute Gasteiger partial charge is 0.0644 e. The zero-order valence-corrected chi connectivity index (χ0v) is 14.2. The molecule has 2 aromatic rings. The van der Waals surface area contributed by atoms with E-state index in [0.29, 0.717) is 0 Å². The molecule has 2 unspecified atom stereocenters. The van der Waals surface area contributed by atoms with Crippen molar-refractivity contribution in [3.63, 3.8) is 0 Å². The van der Waals surface area contributed by atoms with Crippen LogP contribution >= 0.6 is 11.6 Å². The highest BCUT2D eigenvalue weighted by Gasteiger charge is 2.19. The van der Waals surface area contributed by atoms with E-state index in [4.69, 9.17) is 11.6 Å². The molecule has 0 aliphatic heterocycles. The first-order chi connectivity index (χ1) is 9.95. The first-order valence-corrected chi connectivity index (χ1v) is 7.87. The summed E-state index contributed by atoms with van der Waals surface area (Å²) in [7, 11) is 0. The number of nitrogens with zero attached hydrogens (tertiary/aromatic N) is 2. The fourth-order valence-electron chi connectivity index (χ4n) is 3.02. The van der Waals surface area contributed by atoms with Crippen molar-refractivity contribution in [3.8, 4) is 0 Å². The Hall–Kier alpha value is -1.32. The maximum atomic E-state index is 6.28. The summed E-state index contributed by atoms with van der Waals surface area (Å²) in [5, 5.41) is 9.04. The maximum Gasteiger partial charge on any atom is 0.0644 e. The summed E-state index contributed by atoms with van der Waals surface area (Å²) in [5.41, 5.74) is 4.75. The minimum absolute atomic E-state index is 0.192. The molecule has 21 heavy (non-hydrogen) atoms. The van der Waals surface area contributed by atoms with Crippen molar-refractivity contribution in [2.45, 2.75) is 53.2 Å². The molecule has 4 heteroatoms. The van der Waals surface area contributed by atoms with Crippen molar-refractivity contribution in [2.75, 3.05) is 0 Å². The first-order valence-electron chi connectivity index (χ1n) is 7.50. The molecule has 0 amide bonds. The highest BCUT2D eigenvalue weighted by atomic mass is 35.5. The third-order valence-electron chi connectivity index (χ3n) is 4.04. The van der Waals surface area contributed by atoms with Crippen LogP contribution in [0.4, 0.5) is 0 Å². The molecule has 3 nitrogen and oxygen atoms in total. The summed E-state index contributed by atoms with van der Waals surface area (Å²) in [6.07, 6.45) is 0. The van der Waals surface area contributed by atoms with E-state index < -0.39 is 0 Å². The molecule has 0 saturated carbocycles. The lowest BCUT2D eigenvalue weighted by Crippen LogP contribution is -2.23. The van der Waals surface area contributed by atoms with Crippen LogP contribution in [0.1, 0.15) is 55.4 Å². The third-order valence-corrected chi connectivity index (χ3v) is 4.39. The van der Waals surface area contributed by atoms with Gasteiger partial charge in [0.1, 0.15) is 0 Å². The monoisotopic (exact) mass is 305 g/mol. The van der Waals surface area contributed by atoms with Crippen LogP contribution < -0.4 is 5.32 Å². The molecule has 0 radical (unpaired) electrons. The molecule has 0 bridgehead atoms. The van der Waals surface area contributed by atoms with E-state index in [1.54, 1.807) is 0 Å². The fraction of sp³-hybridized carbons (Fsp3) is 0.471. The van der Waals surface area contributed by atoms with Crippen LogP contribution in [0.3, 0.4) is 0 Å². The van der Waals surface area contributed by atoms with Gasteiger partial charge in [-0.1, -0.05) is 29.8 Å². The fourth-order valence-corrected chi connectivity index (χ4v) is 3.32. The van der Waals surface area contributed by atoms with Gasteiger partial charge in [-0.3, -0.25) is 4.68 Å². The summed E-state index contributed by atoms with van der Waals surface area (Å²) < 4.78 is 2.06. The summed E-state index contributed by atoms with van der Waals surface area (Å²) in [6, 6.07) is 8.42. The summed E-state index contributed by atoms with van der Waals surface area (Å²) >= 11 is 6.28. The number of aromatic nitrogens is 2. The van der Waals surface area contributed by atoms with Gasteiger partial charge in [-0.2, -0.15) is 5.10 Å². The minimum Gasteiger partial charge on any atom is -0.303 e. The van der Waals surface area contributed by atoms with E-state index in [9.17, 15) is 0 Å². The van der Waals surface area contributed by atoms with Crippen LogP contribution in [0.25, 0.3) is 0 Å². The van der Waals surface area contributed by atoms with Crippen LogP contribution in [0.5, 0.6) is 0 Å². The molecule has 0 spiro atoms. The largest absolute Gasteiger partial charge is 0.303 e. The number of halogens is 1. The van der Waals surface area contributed by atoms with E-state index in [1.165, 1.54) is 11.3 Å². The van der Waals surface area contributed by atoms with Crippen molar-refractivity contribution in [1.29, 1.82) is 0 Å². The Kier molecular flexibility index (Phi) is 5.07. The van der Waals surface area contributed by atoms with Crippen LogP contribution in [0.15, 0.2) is 24.3 Å². The summed E-state index contributed by atoms with van der Waals surface area (Å²) in [4.78, 5) is 0. The first kappa shape index (κ1) is 16.1. The lowest BCUT2D eigenvalue weighted by molar-refractivity contribution is 0.491. The number of benzene rings is 1. The average molecular weight is 306 g/mol. The predicted molar refractivity (Wildman–Crippen MR) is 88.8 cm³/mol. The summed E-state index contributed by atoms with van der Waals surface area (Å²) in [6.45, 7) is 11.6. The minimum atomic E-state index is 0.192. The highest BCUT2D eigenvalue weighted by Crippen LogP contribution is 2.27. The number of hydrogen-bond acceptors (Lipinski definition) is 2. The zero-order valence-electron chi connectivity index (χ0n) is 13.4. The lowest BCUT2D eigenvalue weighted by atomic mass is 10.0. The molecule has 0 saturated heterocycles. The van der Waals surface area contributed by atoms with Crippen molar-refractivity contribution in [1.82, 2.24) is 15.1 Å². The number of nitrogens with one attached hydrogen (secondary N) is 1. The SMILES string of the molecule is CCn1nc(C)c(C(C)NC(C)c2ccccc2Cl)c1C. The second kappa shape index (κ2) is 6.63. The molecular formula is C17H24ClN3. The molecule has 1 heterocycles. The Morgan fingerprint density at radius 3 is 2.43 bits per heavy atom. The second-order valence-electron chi connectivity index (χ2n) is 5.53. The van der Waals surface area contributed by atoms with Gasteiger partial charge in [-0.25, -0.2) is 0 Å². The molecule has 0 fully saturated rings. The number of rotatable bonds is 5. The van der Waals surface area contributed by atoms with Gasteiger partial charge in [-0.15, -0.1) is 0 Å². The van der Waals surface area contributed by atoms with Gasteiger partial charge in [0.05, 0.1) is 5.69 Å². The molecular weight excluding hydrogens is 282 g/mol. The van der Waals surface area contributed by atoms with Crippen LogP contribution in [0, 0.1) is 13.8 Å². The topological polar surface area (TPSA) is 29.9 Å². The standard InChI is InChI=1S/C17H24ClN3/c1-6-21-14(5)17(13(4)20-21)12(3)19-11(2)15-9-7-8-10-16(15)18/h7-12,19H,6H2,1-5H3. The van der Waals surface area contributed by atoms with Gasteiger partial charge in [-0.05, 0) is 46.2 Å². The number of aryl methyl sites for hydroxylation is 2. The van der Waals surface area contributed by atoms with Gasteiger partial charge in [0.15, 0.2) is 0 Å². The average Bonchev–Trinajstić information content (AvgIpc) is 2.73. The van der Waals surface area contributed by atoms with E-state index in [1.807, 2.05) is 18.2 Å². The van der Waals surface area contributed by atoms with Crippen molar-refractivity contribution in [3.05, 3.63) is 51.8 Å². The van der Waals surface area contributed by atoms with E-state index in [2.05, 4.69) is 55.8 Å². The molecule has 1 aromatic heterocycles. The molecule has 1 aromatic carbocycles. The van der Waals surface area contributed by atoms with Gasteiger partial charge in [0, 0.05) is 34.9 Å². The quantitative estimate of drug-likeness (QED) is 0.876. The molecule has 1 N–H and O–H groups in total. The second-order valence-corrected chi connectivity index (χ2v) is 5.94. The van der Waals surface area contributed by atoms with Gasteiger partial charge in [0.25, 0.3) is 0 Å².